The van der Waals surface area contributed by atoms with Gasteiger partial charge in [-0.05, 0) is 24.3 Å². The van der Waals surface area contributed by atoms with Gasteiger partial charge in [-0.2, -0.15) is 36.3 Å². The quantitative estimate of drug-likeness (QED) is 0.572. The molecule has 0 aliphatic heterocycles. The minimum absolute atomic E-state index is 0.351. The fraction of sp³-hybridized carbons (Fsp3) is 0.267. The monoisotopic (exact) mass is 488 g/mol. The molecule has 14 heteroatoms. The zero-order chi connectivity index (χ0) is 21.7. The molecular weight excluding hydrogens is 478 g/mol. The Bertz CT molecular complexity index is 809. The molecule has 0 saturated heterocycles. The fourth-order valence-electron chi connectivity index (χ4n) is 1.72. The highest BCUT2D eigenvalue weighted by Crippen LogP contribution is 2.24. The fourth-order valence-corrected chi connectivity index (χ4v) is 1.98. The van der Waals surface area contributed by atoms with E-state index in [-0.39, 0.29) is 0 Å². The number of carbonyl (C=O) groups excluding carboxylic acids is 1. The summed E-state index contributed by atoms with van der Waals surface area (Å²) in [5.74, 6) is -2.11. The van der Waals surface area contributed by atoms with Gasteiger partial charge < -0.3 is 14.8 Å². The van der Waals surface area contributed by atoms with E-state index in [0.717, 1.165) is 4.47 Å². The summed E-state index contributed by atoms with van der Waals surface area (Å²) in [6, 6.07) is 6.05. The predicted octanol–water partition coefficient (Wildman–Crippen LogP) is 4.77. The van der Waals surface area contributed by atoms with E-state index in [4.69, 9.17) is 0 Å². The van der Waals surface area contributed by atoms with Crippen LogP contribution in [0.4, 0.5) is 42.8 Å². The Labute approximate surface area is 167 Å². The Morgan fingerprint density at radius 3 is 1.83 bits per heavy atom. The standard InChI is InChI=1S/C15H11BrF6N4O3/c16-8-1-3-9(4-2-8)23-13(27)26-12-24-10(28-6-14(17,18)19)5-11(25-12)29-7-15(20,21)22/h1-5H,6-7H2,(H2,23,24,25,26,27). The number of amides is 2. The number of alkyl halides is 6. The third-order valence-corrected chi connectivity index (χ3v) is 3.30. The molecule has 0 unspecified atom stereocenters. The van der Waals surface area contributed by atoms with Crippen molar-refractivity contribution in [1.29, 1.82) is 0 Å². The molecule has 2 amide bonds. The van der Waals surface area contributed by atoms with Crippen molar-refractivity contribution in [3.05, 3.63) is 34.8 Å². The lowest BCUT2D eigenvalue weighted by molar-refractivity contribution is -0.154. The first kappa shape index (κ1) is 22.5. The largest absolute Gasteiger partial charge is 0.468 e. The average molecular weight is 489 g/mol. The number of aromatic nitrogens is 2. The molecule has 1 aromatic heterocycles. The Morgan fingerprint density at radius 2 is 1.38 bits per heavy atom. The van der Waals surface area contributed by atoms with Crippen LogP contribution in [0.15, 0.2) is 34.8 Å². The van der Waals surface area contributed by atoms with Crippen molar-refractivity contribution in [3.8, 4) is 11.8 Å². The topological polar surface area (TPSA) is 85.4 Å². The first-order chi connectivity index (χ1) is 13.4. The molecule has 0 saturated carbocycles. The highest BCUT2D eigenvalue weighted by molar-refractivity contribution is 9.10. The summed E-state index contributed by atoms with van der Waals surface area (Å²) in [6.45, 7) is -3.51. The molecule has 0 fully saturated rings. The van der Waals surface area contributed by atoms with Gasteiger partial charge in [-0.15, -0.1) is 0 Å². The number of benzene rings is 1. The SMILES string of the molecule is O=C(Nc1ccc(Br)cc1)Nc1nc(OCC(F)(F)F)cc(OCC(F)(F)F)n1. The van der Waals surface area contributed by atoms with E-state index in [2.05, 4.69) is 46.0 Å². The van der Waals surface area contributed by atoms with E-state index in [1.807, 2.05) is 0 Å². The number of hydrogen-bond donors (Lipinski definition) is 2. The summed E-state index contributed by atoms with van der Waals surface area (Å²) < 4.78 is 83.3. The van der Waals surface area contributed by atoms with Crippen LogP contribution in [0.1, 0.15) is 0 Å². The number of nitrogens with zero attached hydrogens (tertiary/aromatic N) is 2. The van der Waals surface area contributed by atoms with Gasteiger partial charge >= 0.3 is 18.4 Å². The molecular formula is C15H11BrF6N4O3. The lowest BCUT2D eigenvalue weighted by Crippen LogP contribution is -2.23. The van der Waals surface area contributed by atoms with Crippen LogP contribution in [-0.4, -0.2) is 41.6 Å². The van der Waals surface area contributed by atoms with Crippen molar-refractivity contribution >= 4 is 33.6 Å². The zero-order valence-corrected chi connectivity index (χ0v) is 15.7. The second-order valence-electron chi connectivity index (χ2n) is 5.26. The van der Waals surface area contributed by atoms with Crippen molar-refractivity contribution in [1.82, 2.24) is 9.97 Å². The Morgan fingerprint density at radius 1 is 0.897 bits per heavy atom. The lowest BCUT2D eigenvalue weighted by Gasteiger charge is -2.13. The average Bonchev–Trinajstić information content (AvgIpc) is 2.59. The maximum Gasteiger partial charge on any atom is 0.422 e. The summed E-state index contributed by atoms with van der Waals surface area (Å²) in [5.41, 5.74) is 0.351. The minimum atomic E-state index is -4.72. The van der Waals surface area contributed by atoms with Gasteiger partial charge in [0.15, 0.2) is 13.2 Å². The third-order valence-electron chi connectivity index (χ3n) is 2.77. The smallest absolute Gasteiger partial charge is 0.422 e. The molecule has 29 heavy (non-hydrogen) atoms. The molecule has 0 bridgehead atoms. The number of hydrogen-bond acceptors (Lipinski definition) is 5. The first-order valence-corrected chi connectivity index (χ1v) is 8.31. The molecule has 0 aliphatic carbocycles. The summed E-state index contributed by atoms with van der Waals surface area (Å²) in [6.07, 6.45) is -9.44. The highest BCUT2D eigenvalue weighted by Gasteiger charge is 2.30. The summed E-state index contributed by atoms with van der Waals surface area (Å²) in [7, 11) is 0. The summed E-state index contributed by atoms with van der Waals surface area (Å²) in [4.78, 5) is 19.0. The number of urea groups is 1. The molecule has 2 rings (SSSR count). The number of anilines is 2. The van der Waals surface area contributed by atoms with Gasteiger partial charge in [0.1, 0.15) is 0 Å². The maximum atomic E-state index is 12.3. The predicted molar refractivity (Wildman–Crippen MR) is 91.9 cm³/mol. The van der Waals surface area contributed by atoms with E-state index in [1.54, 1.807) is 12.1 Å². The Hall–Kier alpha value is -2.77. The number of carbonyl (C=O) groups is 1. The molecule has 0 radical (unpaired) electrons. The second kappa shape index (κ2) is 9.15. The van der Waals surface area contributed by atoms with Crippen molar-refractivity contribution in [2.24, 2.45) is 0 Å². The molecule has 0 aliphatic rings. The molecule has 2 N–H and O–H groups in total. The Balaban J connectivity index is 2.14. The first-order valence-electron chi connectivity index (χ1n) is 7.51. The van der Waals surface area contributed by atoms with Gasteiger partial charge in [0.2, 0.25) is 17.7 Å². The van der Waals surface area contributed by atoms with Crippen molar-refractivity contribution < 1.29 is 40.6 Å². The summed E-state index contributed by atoms with van der Waals surface area (Å²) in [5, 5.41) is 4.45. The van der Waals surface area contributed by atoms with Crippen LogP contribution in [0.5, 0.6) is 11.8 Å². The van der Waals surface area contributed by atoms with Crippen LogP contribution < -0.4 is 20.1 Å². The van der Waals surface area contributed by atoms with E-state index >= 15 is 0 Å². The minimum Gasteiger partial charge on any atom is -0.468 e. The van der Waals surface area contributed by atoms with E-state index in [9.17, 15) is 31.1 Å². The van der Waals surface area contributed by atoms with Crippen LogP contribution in [0.25, 0.3) is 0 Å². The van der Waals surface area contributed by atoms with Crippen LogP contribution in [0.2, 0.25) is 0 Å². The van der Waals surface area contributed by atoms with Crippen LogP contribution in [0.3, 0.4) is 0 Å². The van der Waals surface area contributed by atoms with Crippen LogP contribution in [0, 0.1) is 0 Å². The van der Waals surface area contributed by atoms with Crippen molar-refractivity contribution in [3.63, 3.8) is 0 Å². The number of halogens is 7. The van der Waals surface area contributed by atoms with E-state index in [1.165, 1.54) is 12.1 Å². The summed E-state index contributed by atoms with van der Waals surface area (Å²) >= 11 is 3.20. The number of rotatable bonds is 6. The molecule has 2 aromatic rings. The molecule has 158 valence electrons. The molecule has 7 nitrogen and oxygen atoms in total. The number of ether oxygens (including phenoxy) is 2. The second-order valence-corrected chi connectivity index (χ2v) is 6.18. The van der Waals surface area contributed by atoms with Gasteiger partial charge in [-0.25, -0.2) is 4.79 Å². The van der Waals surface area contributed by atoms with Crippen molar-refractivity contribution in [2.45, 2.75) is 12.4 Å². The van der Waals surface area contributed by atoms with E-state index in [0.29, 0.717) is 11.8 Å². The van der Waals surface area contributed by atoms with Gasteiger partial charge in [-0.3, -0.25) is 5.32 Å². The highest BCUT2D eigenvalue weighted by atomic mass is 79.9. The van der Waals surface area contributed by atoms with E-state index < -0.39 is 49.3 Å². The molecule has 0 atom stereocenters. The van der Waals surface area contributed by atoms with Gasteiger partial charge in [0, 0.05) is 10.2 Å². The lowest BCUT2D eigenvalue weighted by atomic mass is 10.3. The van der Waals surface area contributed by atoms with Crippen molar-refractivity contribution in [2.75, 3.05) is 23.8 Å². The third kappa shape index (κ3) is 8.85. The zero-order valence-electron chi connectivity index (χ0n) is 14.1. The normalized spacial score (nSPS) is 11.7. The molecule has 0 spiro atoms. The molecule has 1 heterocycles. The van der Waals surface area contributed by atoms with Gasteiger partial charge in [0.25, 0.3) is 0 Å². The van der Waals surface area contributed by atoms with Crippen LogP contribution >= 0.6 is 15.9 Å². The van der Waals surface area contributed by atoms with Gasteiger partial charge in [0.05, 0.1) is 6.07 Å². The van der Waals surface area contributed by atoms with Crippen LogP contribution in [-0.2, 0) is 0 Å². The Kier molecular flexibility index (Phi) is 7.11. The maximum absolute atomic E-state index is 12.3. The molecule has 1 aromatic carbocycles. The number of nitrogens with one attached hydrogen (secondary N) is 2. The van der Waals surface area contributed by atoms with Gasteiger partial charge in [-0.1, -0.05) is 15.9 Å².